The van der Waals surface area contributed by atoms with Crippen molar-refractivity contribution in [3.8, 4) is 17.2 Å². The van der Waals surface area contributed by atoms with E-state index in [0.29, 0.717) is 44.1 Å². The summed E-state index contributed by atoms with van der Waals surface area (Å²) in [6.07, 6.45) is 0. The van der Waals surface area contributed by atoms with E-state index in [1.54, 1.807) is 67.8 Å². The van der Waals surface area contributed by atoms with Crippen molar-refractivity contribution < 1.29 is 28.6 Å². The summed E-state index contributed by atoms with van der Waals surface area (Å²) in [7, 11) is 4.60. The van der Waals surface area contributed by atoms with Gasteiger partial charge in [-0.2, -0.15) is 0 Å². The van der Waals surface area contributed by atoms with Crippen molar-refractivity contribution in [3.05, 3.63) is 91.3 Å². The second-order valence-electron chi connectivity index (χ2n) is 10.0. The van der Waals surface area contributed by atoms with Crippen molar-refractivity contribution in [2.24, 2.45) is 5.92 Å². The van der Waals surface area contributed by atoms with Gasteiger partial charge in [-0.25, -0.2) is 4.90 Å². The molecule has 2 unspecified atom stereocenters. The van der Waals surface area contributed by atoms with E-state index in [1.165, 1.54) is 23.7 Å². The largest absolute Gasteiger partial charge is 0.497 e. The molecular weight excluding hydrogens is 670 g/mol. The minimum Gasteiger partial charge on any atom is -0.497 e. The number of ether oxygens (including phenoxy) is 3. The van der Waals surface area contributed by atoms with Crippen LogP contribution >= 0.6 is 39.0 Å². The lowest BCUT2D eigenvalue weighted by molar-refractivity contribution is -0.122. The molecule has 3 aromatic carbocycles. The normalized spacial score (nSPS) is 18.9. The second-order valence-corrected chi connectivity index (χ2v) is 13.1. The third kappa shape index (κ3) is 5.29. The zero-order valence-corrected chi connectivity index (χ0v) is 27.0. The molecule has 1 N–H and O–H groups in total. The predicted octanol–water partition coefficient (Wildman–Crippen LogP) is 5.13. The first kappa shape index (κ1) is 30.0. The van der Waals surface area contributed by atoms with Gasteiger partial charge in [0.05, 0.1) is 38.0 Å². The van der Waals surface area contributed by atoms with E-state index in [0.717, 1.165) is 27.6 Å². The maximum absolute atomic E-state index is 14.1. The van der Waals surface area contributed by atoms with Gasteiger partial charge in [-0.15, -0.1) is 0 Å². The van der Waals surface area contributed by atoms with Gasteiger partial charge in [-0.3, -0.25) is 23.7 Å². The lowest BCUT2D eigenvalue weighted by atomic mass is 9.83. The van der Waals surface area contributed by atoms with Crippen molar-refractivity contribution in [2.45, 2.75) is 22.7 Å². The van der Waals surface area contributed by atoms with E-state index in [9.17, 15) is 19.2 Å². The monoisotopic (exact) mass is 695 g/mol. The standard InChI is InChI=1S/C31H26BrN3O7S2/c1-40-20-11-7-18(8-12-20)33-23(36)15-34-30-27(44-31(34)39)24(16-4-13-21(41-2)22(14-16)42-3)25-26(43-30)29(38)35(28(25)37)19-9-5-17(32)6-10-19/h4-14,24-26H,15H2,1-3H3,(H,33,36)/t24-,25?,26?/m0/s1. The number of aromatic nitrogens is 1. The number of methoxy groups -OCH3 is 3. The molecule has 4 aromatic rings. The minimum absolute atomic E-state index is 0.266. The SMILES string of the molecule is COc1ccc(NC(=O)Cn2c3c(sc2=O)[C@@H](c2ccc(OC)c(OC)c2)C2C(=O)N(c4ccc(Br)cc4)C(=O)C2S3)cc1. The molecule has 3 amide bonds. The van der Waals surface area contributed by atoms with Crippen molar-refractivity contribution in [2.75, 3.05) is 31.5 Å². The number of anilines is 2. The average molecular weight is 697 g/mol. The van der Waals surface area contributed by atoms with E-state index in [2.05, 4.69) is 21.2 Å². The molecule has 0 radical (unpaired) electrons. The van der Waals surface area contributed by atoms with Crippen LogP contribution in [0.3, 0.4) is 0 Å². The molecule has 2 aliphatic heterocycles. The molecule has 13 heteroatoms. The Morgan fingerprint density at radius 1 is 0.886 bits per heavy atom. The van der Waals surface area contributed by atoms with Crippen LogP contribution in [0.4, 0.5) is 11.4 Å². The average Bonchev–Trinajstić information content (AvgIpc) is 3.47. The van der Waals surface area contributed by atoms with E-state index < -0.39 is 23.0 Å². The number of nitrogens with one attached hydrogen (secondary N) is 1. The highest BCUT2D eigenvalue weighted by Crippen LogP contribution is 2.54. The summed E-state index contributed by atoms with van der Waals surface area (Å²) < 4.78 is 18.3. The molecule has 3 heterocycles. The Balaban J connectivity index is 1.41. The zero-order chi connectivity index (χ0) is 31.1. The van der Waals surface area contributed by atoms with Crippen LogP contribution in [0, 0.1) is 5.92 Å². The van der Waals surface area contributed by atoms with E-state index in [-0.39, 0.29) is 23.2 Å². The Bertz CT molecular complexity index is 1820. The number of amides is 3. The molecule has 6 rings (SSSR count). The summed E-state index contributed by atoms with van der Waals surface area (Å²) in [5, 5.41) is 2.48. The summed E-state index contributed by atoms with van der Waals surface area (Å²) in [4.78, 5) is 56.0. The first-order valence-electron chi connectivity index (χ1n) is 13.4. The third-order valence-corrected chi connectivity index (χ3v) is 10.7. The Morgan fingerprint density at radius 2 is 1.59 bits per heavy atom. The number of nitrogens with zero attached hydrogens (tertiary/aromatic N) is 2. The van der Waals surface area contributed by atoms with E-state index >= 15 is 0 Å². The maximum Gasteiger partial charge on any atom is 0.308 e. The van der Waals surface area contributed by atoms with Crippen molar-refractivity contribution in [1.82, 2.24) is 4.57 Å². The number of thiazole rings is 1. The van der Waals surface area contributed by atoms with Crippen molar-refractivity contribution in [3.63, 3.8) is 0 Å². The van der Waals surface area contributed by atoms with Crippen LogP contribution in [0.1, 0.15) is 16.4 Å². The molecule has 1 fully saturated rings. The van der Waals surface area contributed by atoms with Crippen LogP contribution in [0.5, 0.6) is 17.2 Å². The summed E-state index contributed by atoms with van der Waals surface area (Å²) in [6.45, 7) is -0.266. The van der Waals surface area contributed by atoms with Crippen molar-refractivity contribution >= 4 is 68.1 Å². The highest BCUT2D eigenvalue weighted by molar-refractivity contribution is 9.10. The predicted molar refractivity (Wildman–Crippen MR) is 171 cm³/mol. The lowest BCUT2D eigenvalue weighted by Crippen LogP contribution is -2.33. The third-order valence-electron chi connectivity index (χ3n) is 7.58. The molecule has 0 aliphatic carbocycles. The summed E-state index contributed by atoms with van der Waals surface area (Å²) in [5.74, 6) is -0.975. The van der Waals surface area contributed by atoms with Gasteiger partial charge in [0, 0.05) is 21.0 Å². The van der Waals surface area contributed by atoms with Gasteiger partial charge in [0.2, 0.25) is 17.7 Å². The molecule has 1 saturated heterocycles. The number of fused-ring (bicyclic) bond motifs is 2. The fourth-order valence-electron chi connectivity index (χ4n) is 5.52. The Kier molecular flexibility index (Phi) is 8.27. The Morgan fingerprint density at radius 3 is 2.25 bits per heavy atom. The summed E-state index contributed by atoms with van der Waals surface area (Å²) >= 11 is 5.54. The topological polar surface area (TPSA) is 116 Å². The van der Waals surface area contributed by atoms with Crippen LogP contribution in [0.2, 0.25) is 0 Å². The number of carbonyl (C=O) groups excluding carboxylic acids is 3. The van der Waals surface area contributed by atoms with E-state index in [4.69, 9.17) is 14.2 Å². The van der Waals surface area contributed by atoms with E-state index in [1.807, 2.05) is 6.07 Å². The highest BCUT2D eigenvalue weighted by Gasteiger charge is 2.57. The van der Waals surface area contributed by atoms with Gasteiger partial charge in [0.25, 0.3) is 0 Å². The molecule has 0 saturated carbocycles. The van der Waals surface area contributed by atoms with Gasteiger partial charge in [-0.1, -0.05) is 45.1 Å². The fourth-order valence-corrected chi connectivity index (χ4v) is 8.56. The molecule has 226 valence electrons. The van der Waals surface area contributed by atoms with Crippen LogP contribution in [-0.2, 0) is 20.9 Å². The van der Waals surface area contributed by atoms with Crippen LogP contribution in [0.25, 0.3) is 0 Å². The molecule has 0 bridgehead atoms. The zero-order valence-electron chi connectivity index (χ0n) is 23.7. The smallest absolute Gasteiger partial charge is 0.308 e. The van der Waals surface area contributed by atoms with Gasteiger partial charge >= 0.3 is 4.87 Å². The summed E-state index contributed by atoms with van der Waals surface area (Å²) in [5.41, 5.74) is 1.70. The van der Waals surface area contributed by atoms with Crippen molar-refractivity contribution in [1.29, 1.82) is 0 Å². The molecule has 44 heavy (non-hydrogen) atoms. The first-order chi connectivity index (χ1) is 21.2. The maximum atomic E-state index is 14.1. The van der Waals surface area contributed by atoms with Gasteiger partial charge < -0.3 is 19.5 Å². The molecular formula is C31H26BrN3O7S2. The number of hydrogen-bond donors (Lipinski definition) is 1. The number of rotatable bonds is 8. The lowest BCUT2D eigenvalue weighted by Gasteiger charge is -2.31. The van der Waals surface area contributed by atoms with Crippen LogP contribution in [0.15, 0.2) is 81.0 Å². The number of benzene rings is 3. The number of hydrogen-bond acceptors (Lipinski definition) is 9. The quantitative estimate of drug-likeness (QED) is 0.252. The number of halogens is 1. The second kappa shape index (κ2) is 12.1. The first-order valence-corrected chi connectivity index (χ1v) is 15.9. The Hall–Kier alpha value is -4.07. The molecule has 1 aromatic heterocycles. The molecule has 10 nitrogen and oxygen atoms in total. The van der Waals surface area contributed by atoms with Crippen LogP contribution in [-0.4, -0.2) is 48.9 Å². The summed E-state index contributed by atoms with van der Waals surface area (Å²) in [6, 6.07) is 19.1. The number of carbonyl (C=O) groups is 3. The Labute approximate surface area is 269 Å². The molecule has 2 aliphatic rings. The minimum atomic E-state index is -0.818. The molecule has 0 spiro atoms. The molecule has 3 atom stereocenters. The van der Waals surface area contributed by atoms with Gasteiger partial charge in [0.15, 0.2) is 11.5 Å². The number of imide groups is 1. The van der Waals surface area contributed by atoms with Gasteiger partial charge in [0.1, 0.15) is 17.5 Å². The number of thioether (sulfide) groups is 1. The van der Waals surface area contributed by atoms with Crippen LogP contribution < -0.4 is 29.3 Å². The highest BCUT2D eigenvalue weighted by atomic mass is 79.9. The van der Waals surface area contributed by atoms with Gasteiger partial charge in [-0.05, 0) is 66.2 Å². The fraction of sp³-hybridized carbons (Fsp3) is 0.226.